The summed E-state index contributed by atoms with van der Waals surface area (Å²) < 4.78 is 5.94. The van der Waals surface area contributed by atoms with Crippen LogP contribution < -0.4 is 5.32 Å². The fourth-order valence-corrected chi connectivity index (χ4v) is 1.81. The Hall–Kier alpha value is -2.41. The number of aliphatic hydroxyl groups excluding tert-OH is 1. The molecule has 1 aromatic heterocycles. The summed E-state index contributed by atoms with van der Waals surface area (Å²) in [7, 11) is 1.19. The Labute approximate surface area is 115 Å². The van der Waals surface area contributed by atoms with Crippen molar-refractivity contribution in [2.75, 3.05) is 13.7 Å². The van der Waals surface area contributed by atoms with Crippen LogP contribution in [0.3, 0.4) is 0 Å². The number of fused-ring (bicyclic) bond motifs is 1. The van der Waals surface area contributed by atoms with Gasteiger partial charge in [0, 0.05) is 11.6 Å². The van der Waals surface area contributed by atoms with E-state index in [0.29, 0.717) is 0 Å². The lowest BCUT2D eigenvalue weighted by Crippen LogP contribution is -2.45. The molecule has 2 aromatic rings. The summed E-state index contributed by atoms with van der Waals surface area (Å²) in [5, 5.41) is 16.6. The minimum atomic E-state index is -1.06. The molecule has 0 radical (unpaired) electrons. The third kappa shape index (κ3) is 3.12. The van der Waals surface area contributed by atoms with E-state index in [0.717, 1.165) is 10.9 Å². The number of amides is 1. The van der Waals surface area contributed by atoms with Crippen LogP contribution in [0, 0.1) is 0 Å². The SMILES string of the molecule is COC(=O)[C@H](CO)NC(=O)Cn1cc2ccccc2n1. The second-order valence-corrected chi connectivity index (χ2v) is 4.21. The van der Waals surface area contributed by atoms with E-state index in [4.69, 9.17) is 5.11 Å². The topological polar surface area (TPSA) is 93.5 Å². The molecule has 0 unspecified atom stereocenters. The number of methoxy groups -OCH3 is 1. The average Bonchev–Trinajstić information content (AvgIpc) is 2.85. The van der Waals surface area contributed by atoms with E-state index in [2.05, 4.69) is 15.2 Å². The molecule has 0 aliphatic carbocycles. The molecule has 0 bridgehead atoms. The van der Waals surface area contributed by atoms with Crippen molar-refractivity contribution in [3.05, 3.63) is 30.5 Å². The summed E-state index contributed by atoms with van der Waals surface area (Å²) in [5.41, 5.74) is 0.784. The lowest BCUT2D eigenvalue weighted by molar-refractivity contribution is -0.146. The molecule has 0 aliphatic heterocycles. The summed E-state index contributed by atoms with van der Waals surface area (Å²) in [6.07, 6.45) is 1.74. The molecule has 1 aromatic carbocycles. The smallest absolute Gasteiger partial charge is 0.330 e. The van der Waals surface area contributed by atoms with Crippen molar-refractivity contribution in [2.45, 2.75) is 12.6 Å². The quantitative estimate of drug-likeness (QED) is 0.731. The van der Waals surface area contributed by atoms with E-state index in [-0.39, 0.29) is 6.54 Å². The Bertz CT molecular complexity index is 590. The molecule has 1 atom stereocenters. The molecule has 0 fully saturated rings. The lowest BCUT2D eigenvalue weighted by atomic mass is 10.3. The molecule has 2 N–H and O–H groups in total. The van der Waals surface area contributed by atoms with Gasteiger partial charge in [-0.3, -0.25) is 9.48 Å². The number of aliphatic hydroxyl groups is 1. The first-order valence-corrected chi connectivity index (χ1v) is 6.04. The van der Waals surface area contributed by atoms with Crippen LogP contribution in [0.15, 0.2) is 30.5 Å². The monoisotopic (exact) mass is 277 g/mol. The summed E-state index contributed by atoms with van der Waals surface area (Å²) in [4.78, 5) is 23.0. The van der Waals surface area contributed by atoms with Gasteiger partial charge >= 0.3 is 5.97 Å². The highest BCUT2D eigenvalue weighted by Crippen LogP contribution is 2.10. The Balaban J connectivity index is 2.02. The molecule has 0 saturated heterocycles. The van der Waals surface area contributed by atoms with Crippen LogP contribution in [0.25, 0.3) is 10.9 Å². The van der Waals surface area contributed by atoms with Gasteiger partial charge in [0.1, 0.15) is 6.54 Å². The maximum Gasteiger partial charge on any atom is 0.330 e. The number of aromatic nitrogens is 2. The second-order valence-electron chi connectivity index (χ2n) is 4.21. The van der Waals surface area contributed by atoms with Gasteiger partial charge in [-0.05, 0) is 6.07 Å². The maximum atomic E-state index is 11.8. The number of nitrogens with one attached hydrogen (secondary N) is 1. The summed E-state index contributed by atoms with van der Waals surface area (Å²) >= 11 is 0. The van der Waals surface area contributed by atoms with Gasteiger partial charge in [0.2, 0.25) is 5.91 Å². The van der Waals surface area contributed by atoms with E-state index < -0.39 is 24.5 Å². The standard InChI is InChI=1S/C13H15N3O4/c1-20-13(19)11(8-17)14-12(18)7-16-6-9-4-2-3-5-10(9)15-16/h2-6,11,17H,7-8H2,1H3,(H,14,18)/t11-/m0/s1. The fourth-order valence-electron chi connectivity index (χ4n) is 1.81. The first-order chi connectivity index (χ1) is 9.63. The Morgan fingerprint density at radius 2 is 2.20 bits per heavy atom. The zero-order valence-corrected chi connectivity index (χ0v) is 10.9. The maximum absolute atomic E-state index is 11.8. The van der Waals surface area contributed by atoms with Gasteiger partial charge in [0.25, 0.3) is 0 Å². The van der Waals surface area contributed by atoms with Gasteiger partial charge in [-0.25, -0.2) is 4.79 Å². The van der Waals surface area contributed by atoms with Crippen molar-refractivity contribution in [1.82, 2.24) is 15.1 Å². The average molecular weight is 277 g/mol. The third-order valence-corrected chi connectivity index (χ3v) is 2.77. The predicted octanol–water partition coefficient (Wildman–Crippen LogP) is -0.314. The molecule has 7 heteroatoms. The zero-order valence-electron chi connectivity index (χ0n) is 10.9. The first kappa shape index (κ1) is 14.0. The number of ether oxygens (including phenoxy) is 1. The van der Waals surface area contributed by atoms with Gasteiger partial charge in [-0.2, -0.15) is 5.10 Å². The highest BCUT2D eigenvalue weighted by atomic mass is 16.5. The van der Waals surface area contributed by atoms with Crippen LogP contribution in [0.4, 0.5) is 0 Å². The van der Waals surface area contributed by atoms with Crippen LogP contribution >= 0.6 is 0 Å². The van der Waals surface area contributed by atoms with Crippen molar-refractivity contribution in [2.24, 2.45) is 0 Å². The highest BCUT2D eigenvalue weighted by molar-refractivity contribution is 5.85. The number of benzene rings is 1. The van der Waals surface area contributed by atoms with Gasteiger partial charge in [0.05, 0.1) is 19.2 Å². The van der Waals surface area contributed by atoms with E-state index in [9.17, 15) is 9.59 Å². The molecular formula is C13H15N3O4. The van der Waals surface area contributed by atoms with E-state index in [1.165, 1.54) is 11.8 Å². The molecule has 0 aliphatic rings. The molecule has 0 spiro atoms. The van der Waals surface area contributed by atoms with Crippen molar-refractivity contribution < 1.29 is 19.4 Å². The highest BCUT2D eigenvalue weighted by Gasteiger charge is 2.20. The van der Waals surface area contributed by atoms with Crippen LogP contribution in [0.2, 0.25) is 0 Å². The van der Waals surface area contributed by atoms with Gasteiger partial charge in [-0.15, -0.1) is 0 Å². The second kappa shape index (κ2) is 6.16. The minimum absolute atomic E-state index is 0.0395. The Morgan fingerprint density at radius 1 is 1.45 bits per heavy atom. The van der Waals surface area contributed by atoms with E-state index >= 15 is 0 Å². The zero-order chi connectivity index (χ0) is 14.5. The molecule has 106 valence electrons. The fraction of sp³-hybridized carbons (Fsp3) is 0.308. The number of nitrogens with zero attached hydrogens (tertiary/aromatic N) is 2. The van der Waals surface area contributed by atoms with Crippen molar-refractivity contribution in [1.29, 1.82) is 0 Å². The largest absolute Gasteiger partial charge is 0.467 e. The molecule has 2 rings (SSSR count). The Morgan fingerprint density at radius 3 is 2.85 bits per heavy atom. The van der Waals surface area contributed by atoms with Crippen molar-refractivity contribution in [3.8, 4) is 0 Å². The van der Waals surface area contributed by atoms with Gasteiger partial charge in [0.15, 0.2) is 6.04 Å². The summed E-state index contributed by atoms with van der Waals surface area (Å²) in [6, 6.07) is 6.42. The number of esters is 1. The molecule has 20 heavy (non-hydrogen) atoms. The predicted molar refractivity (Wildman–Crippen MR) is 70.8 cm³/mol. The van der Waals surface area contributed by atoms with E-state index in [1.807, 2.05) is 24.3 Å². The number of carbonyl (C=O) groups is 2. The number of rotatable bonds is 5. The molecule has 1 heterocycles. The Kier molecular flexibility index (Phi) is 4.31. The van der Waals surface area contributed by atoms with Crippen LogP contribution in [-0.4, -0.2) is 46.5 Å². The third-order valence-electron chi connectivity index (χ3n) is 2.77. The molecular weight excluding hydrogens is 262 g/mol. The molecule has 0 saturated carbocycles. The van der Waals surface area contributed by atoms with Gasteiger partial charge in [-0.1, -0.05) is 18.2 Å². The van der Waals surface area contributed by atoms with E-state index in [1.54, 1.807) is 6.20 Å². The molecule has 1 amide bonds. The van der Waals surface area contributed by atoms with Crippen LogP contribution in [0.5, 0.6) is 0 Å². The molecule has 7 nitrogen and oxygen atoms in total. The van der Waals surface area contributed by atoms with Crippen LogP contribution in [-0.2, 0) is 20.9 Å². The number of hydrogen-bond donors (Lipinski definition) is 2. The van der Waals surface area contributed by atoms with Crippen LogP contribution in [0.1, 0.15) is 0 Å². The lowest BCUT2D eigenvalue weighted by Gasteiger charge is -2.13. The first-order valence-electron chi connectivity index (χ1n) is 6.04. The summed E-state index contributed by atoms with van der Waals surface area (Å²) in [5.74, 6) is -1.12. The van der Waals surface area contributed by atoms with Gasteiger partial charge < -0.3 is 15.2 Å². The normalized spacial score (nSPS) is 12.1. The van der Waals surface area contributed by atoms with Crippen molar-refractivity contribution in [3.63, 3.8) is 0 Å². The number of carbonyl (C=O) groups excluding carboxylic acids is 2. The number of hydrogen-bond acceptors (Lipinski definition) is 5. The van der Waals surface area contributed by atoms with Crippen molar-refractivity contribution >= 4 is 22.8 Å². The summed E-state index contributed by atoms with van der Waals surface area (Å²) in [6.45, 7) is -0.554. The minimum Gasteiger partial charge on any atom is -0.467 e.